The number of likely N-dealkylation sites (N-methyl/N-ethyl adjacent to an activating group) is 1. The number of ether oxygens (including phenoxy) is 1. The molecular formula is C15H23N2O4P. The third-order valence-electron chi connectivity index (χ3n) is 3.63. The highest BCUT2D eigenvalue weighted by molar-refractivity contribution is 7.52. The van der Waals surface area contributed by atoms with Crippen LogP contribution in [0.15, 0.2) is 24.4 Å². The topological polar surface area (TPSA) is 52.9 Å². The standard InChI is InChI=1S/C15H23N2O4P/c1-16(2)9-8-12-11-17(22(18,20-4)21-5)15-10-13(19-3)6-7-14(12)15/h6-7,10-11H,8-9H2,1-5H3. The summed E-state index contributed by atoms with van der Waals surface area (Å²) in [7, 11) is 5.04. The van der Waals surface area contributed by atoms with E-state index < -0.39 is 7.75 Å². The molecule has 1 aromatic carbocycles. The first-order valence-electron chi connectivity index (χ1n) is 7.00. The van der Waals surface area contributed by atoms with Crippen LogP contribution < -0.4 is 4.74 Å². The molecule has 0 saturated heterocycles. The van der Waals surface area contributed by atoms with Gasteiger partial charge in [-0.25, -0.2) is 4.57 Å². The number of fused-ring (bicyclic) bond motifs is 1. The number of nitrogens with zero attached hydrogens (tertiary/aromatic N) is 2. The lowest BCUT2D eigenvalue weighted by molar-refractivity contribution is 0.268. The fraction of sp³-hybridized carbons (Fsp3) is 0.467. The van der Waals surface area contributed by atoms with Gasteiger partial charge >= 0.3 is 7.75 Å². The summed E-state index contributed by atoms with van der Waals surface area (Å²) in [6, 6.07) is 5.72. The summed E-state index contributed by atoms with van der Waals surface area (Å²) in [4.78, 5) is 2.11. The van der Waals surface area contributed by atoms with E-state index in [1.807, 2.05) is 38.5 Å². The van der Waals surface area contributed by atoms with Crippen LogP contribution in [0.25, 0.3) is 10.9 Å². The number of benzene rings is 1. The third kappa shape index (κ3) is 3.20. The maximum absolute atomic E-state index is 12.8. The predicted molar refractivity (Wildman–Crippen MR) is 87.8 cm³/mol. The number of hydrogen-bond acceptors (Lipinski definition) is 5. The summed E-state index contributed by atoms with van der Waals surface area (Å²) < 4.78 is 29.9. The minimum absolute atomic E-state index is 0.699. The molecule has 1 aromatic heterocycles. The van der Waals surface area contributed by atoms with E-state index in [0.717, 1.165) is 29.4 Å². The van der Waals surface area contributed by atoms with Crippen molar-refractivity contribution in [3.8, 4) is 5.75 Å². The molecular weight excluding hydrogens is 303 g/mol. The summed E-state index contributed by atoms with van der Waals surface area (Å²) in [5.41, 5.74) is 1.88. The highest BCUT2D eigenvalue weighted by Gasteiger charge is 2.27. The van der Waals surface area contributed by atoms with Gasteiger partial charge in [0.25, 0.3) is 0 Å². The van der Waals surface area contributed by atoms with Gasteiger partial charge in [-0.3, -0.25) is 13.4 Å². The molecule has 1 heterocycles. The first-order chi connectivity index (χ1) is 10.4. The fourth-order valence-electron chi connectivity index (χ4n) is 2.38. The van der Waals surface area contributed by atoms with Gasteiger partial charge in [0, 0.05) is 38.4 Å². The van der Waals surface area contributed by atoms with Gasteiger partial charge in [0.05, 0.1) is 12.6 Å². The van der Waals surface area contributed by atoms with Gasteiger partial charge in [-0.1, -0.05) is 0 Å². The lowest BCUT2D eigenvalue weighted by Gasteiger charge is -2.15. The molecule has 0 saturated carbocycles. The van der Waals surface area contributed by atoms with E-state index in [9.17, 15) is 4.57 Å². The molecule has 0 aliphatic rings. The molecule has 0 bridgehead atoms. The Labute approximate surface area is 131 Å². The molecule has 0 unspecified atom stereocenters. The fourth-order valence-corrected chi connectivity index (χ4v) is 3.59. The van der Waals surface area contributed by atoms with Crippen molar-refractivity contribution in [1.29, 1.82) is 0 Å². The molecule has 122 valence electrons. The monoisotopic (exact) mass is 326 g/mol. The lowest BCUT2D eigenvalue weighted by Crippen LogP contribution is -2.14. The maximum atomic E-state index is 12.8. The quantitative estimate of drug-likeness (QED) is 0.732. The molecule has 2 aromatic rings. The van der Waals surface area contributed by atoms with Gasteiger partial charge in [-0.15, -0.1) is 0 Å². The maximum Gasteiger partial charge on any atom is 0.438 e. The van der Waals surface area contributed by atoms with E-state index in [0.29, 0.717) is 5.75 Å². The number of rotatable bonds is 7. The number of aromatic nitrogens is 1. The van der Waals surface area contributed by atoms with E-state index in [-0.39, 0.29) is 0 Å². The van der Waals surface area contributed by atoms with Crippen LogP contribution in [0.5, 0.6) is 5.75 Å². The largest absolute Gasteiger partial charge is 0.497 e. The van der Waals surface area contributed by atoms with Crippen molar-refractivity contribution in [2.75, 3.05) is 42.0 Å². The molecule has 22 heavy (non-hydrogen) atoms. The molecule has 0 spiro atoms. The Morgan fingerprint density at radius 3 is 2.41 bits per heavy atom. The summed E-state index contributed by atoms with van der Waals surface area (Å²) in [6.07, 6.45) is 2.69. The van der Waals surface area contributed by atoms with Gasteiger partial charge in [0.15, 0.2) is 0 Å². The van der Waals surface area contributed by atoms with Crippen molar-refractivity contribution >= 4 is 18.6 Å². The van der Waals surface area contributed by atoms with Crippen molar-refractivity contribution in [3.05, 3.63) is 30.0 Å². The number of hydrogen-bond donors (Lipinski definition) is 0. The summed E-state index contributed by atoms with van der Waals surface area (Å²) in [6.45, 7) is 0.898. The minimum atomic E-state index is -3.39. The Hall–Kier alpha value is -1.33. The molecule has 0 fully saturated rings. The molecule has 2 rings (SSSR count). The Balaban J connectivity index is 2.61. The zero-order valence-corrected chi connectivity index (χ0v) is 14.6. The second kappa shape index (κ2) is 6.84. The molecule has 0 atom stereocenters. The molecule has 0 radical (unpaired) electrons. The van der Waals surface area contributed by atoms with Gasteiger partial charge in [-0.2, -0.15) is 0 Å². The molecule has 0 N–H and O–H groups in total. The molecule has 0 amide bonds. The first-order valence-corrected chi connectivity index (χ1v) is 8.49. The Bertz CT molecular complexity index is 688. The Morgan fingerprint density at radius 1 is 1.18 bits per heavy atom. The minimum Gasteiger partial charge on any atom is -0.497 e. The second-order valence-corrected chi connectivity index (χ2v) is 7.37. The van der Waals surface area contributed by atoms with Gasteiger partial charge in [0.2, 0.25) is 0 Å². The highest BCUT2D eigenvalue weighted by Crippen LogP contribution is 2.51. The SMILES string of the molecule is COc1ccc2c(CCN(C)C)cn(P(=O)(OC)OC)c2c1. The Morgan fingerprint density at radius 2 is 1.86 bits per heavy atom. The van der Waals surface area contributed by atoms with Crippen molar-refractivity contribution in [2.45, 2.75) is 6.42 Å². The van der Waals surface area contributed by atoms with Gasteiger partial charge in [0.1, 0.15) is 5.75 Å². The van der Waals surface area contributed by atoms with E-state index in [4.69, 9.17) is 13.8 Å². The lowest BCUT2D eigenvalue weighted by atomic mass is 10.1. The van der Waals surface area contributed by atoms with Crippen molar-refractivity contribution in [1.82, 2.24) is 9.24 Å². The van der Waals surface area contributed by atoms with E-state index in [2.05, 4.69) is 4.90 Å². The molecule has 0 aliphatic heterocycles. The van der Waals surface area contributed by atoms with Crippen LogP contribution >= 0.6 is 7.75 Å². The Kier molecular flexibility index (Phi) is 5.29. The average molecular weight is 326 g/mol. The first kappa shape index (κ1) is 17.0. The highest BCUT2D eigenvalue weighted by atomic mass is 31.2. The van der Waals surface area contributed by atoms with Crippen LogP contribution in [-0.4, -0.2) is 51.2 Å². The van der Waals surface area contributed by atoms with Crippen molar-refractivity contribution < 1.29 is 18.3 Å². The van der Waals surface area contributed by atoms with Crippen LogP contribution in [0, 0.1) is 0 Å². The van der Waals surface area contributed by atoms with Crippen LogP contribution in [0.3, 0.4) is 0 Å². The van der Waals surface area contributed by atoms with Crippen LogP contribution in [0.4, 0.5) is 0 Å². The molecule has 7 heteroatoms. The summed E-state index contributed by atoms with van der Waals surface area (Å²) in [5.74, 6) is 0.699. The molecule has 0 aliphatic carbocycles. The second-order valence-electron chi connectivity index (χ2n) is 5.27. The summed E-state index contributed by atoms with van der Waals surface area (Å²) in [5, 5.41) is 1.02. The van der Waals surface area contributed by atoms with Gasteiger partial charge in [-0.05, 0) is 38.2 Å². The van der Waals surface area contributed by atoms with E-state index in [1.165, 1.54) is 14.2 Å². The van der Waals surface area contributed by atoms with Gasteiger partial charge < -0.3 is 9.64 Å². The zero-order chi connectivity index (χ0) is 16.3. The predicted octanol–water partition coefficient (Wildman–Crippen LogP) is 3.00. The van der Waals surface area contributed by atoms with Crippen molar-refractivity contribution in [3.63, 3.8) is 0 Å². The average Bonchev–Trinajstić information content (AvgIpc) is 2.90. The normalized spacial score (nSPS) is 12.3. The van der Waals surface area contributed by atoms with Crippen LogP contribution in [0.2, 0.25) is 0 Å². The smallest absolute Gasteiger partial charge is 0.438 e. The van der Waals surface area contributed by atoms with Crippen molar-refractivity contribution in [2.24, 2.45) is 0 Å². The molecule has 6 nitrogen and oxygen atoms in total. The number of methoxy groups -OCH3 is 1. The zero-order valence-electron chi connectivity index (χ0n) is 13.7. The van der Waals surface area contributed by atoms with Crippen LogP contribution in [-0.2, 0) is 20.0 Å². The summed E-state index contributed by atoms with van der Waals surface area (Å²) >= 11 is 0. The third-order valence-corrected chi connectivity index (χ3v) is 5.41. The van der Waals surface area contributed by atoms with E-state index in [1.54, 1.807) is 11.4 Å². The van der Waals surface area contributed by atoms with Crippen LogP contribution in [0.1, 0.15) is 5.56 Å². The van der Waals surface area contributed by atoms with E-state index >= 15 is 0 Å².